The summed E-state index contributed by atoms with van der Waals surface area (Å²) in [5.74, 6) is 1.46. The van der Waals surface area contributed by atoms with Crippen LogP contribution < -0.4 is 5.32 Å². The van der Waals surface area contributed by atoms with Crippen LogP contribution in [0.5, 0.6) is 0 Å². The third kappa shape index (κ3) is 5.62. The van der Waals surface area contributed by atoms with Gasteiger partial charge in [0.15, 0.2) is 0 Å². The summed E-state index contributed by atoms with van der Waals surface area (Å²) in [6.45, 7) is 1.52. The third-order valence-corrected chi connectivity index (χ3v) is 8.11. The molecule has 4 nitrogen and oxygen atoms in total. The zero-order valence-corrected chi connectivity index (χ0v) is 20.3. The molecule has 1 aliphatic carbocycles. The lowest BCUT2D eigenvalue weighted by Gasteiger charge is -2.51. The average molecular weight is 473 g/mol. The normalized spacial score (nSPS) is 26.6. The van der Waals surface area contributed by atoms with Crippen molar-refractivity contribution >= 4 is 28.3 Å². The molecule has 0 aromatic heterocycles. The van der Waals surface area contributed by atoms with Gasteiger partial charge in [-0.3, -0.25) is 9.00 Å². The molecular formula is C26H33ClN2O2S. The minimum Gasteiger partial charge on any atom is -0.339 e. The van der Waals surface area contributed by atoms with Crippen molar-refractivity contribution in [1.82, 2.24) is 10.2 Å². The molecule has 2 aliphatic rings. The van der Waals surface area contributed by atoms with Crippen LogP contribution in [-0.2, 0) is 22.0 Å². The minimum absolute atomic E-state index is 0.183. The van der Waals surface area contributed by atoms with Crippen LogP contribution in [0.2, 0.25) is 5.02 Å². The van der Waals surface area contributed by atoms with Gasteiger partial charge in [0, 0.05) is 65.3 Å². The fraction of sp³-hybridized carbons (Fsp3) is 0.500. The van der Waals surface area contributed by atoms with Crippen molar-refractivity contribution in [2.45, 2.75) is 50.1 Å². The van der Waals surface area contributed by atoms with Gasteiger partial charge in [-0.25, -0.2) is 0 Å². The lowest BCUT2D eigenvalue weighted by atomic mass is 9.66. The van der Waals surface area contributed by atoms with Gasteiger partial charge >= 0.3 is 0 Å². The summed E-state index contributed by atoms with van der Waals surface area (Å²) in [7, 11) is -0.806. The van der Waals surface area contributed by atoms with Gasteiger partial charge < -0.3 is 10.2 Å². The molecular weight excluding hydrogens is 440 g/mol. The quantitative estimate of drug-likeness (QED) is 0.619. The first kappa shape index (κ1) is 23.5. The van der Waals surface area contributed by atoms with Crippen molar-refractivity contribution in [3.8, 4) is 0 Å². The first-order valence-electron chi connectivity index (χ1n) is 11.6. The molecule has 1 N–H and O–H groups in total. The number of piperidine rings is 1. The molecule has 4 rings (SSSR count). The molecule has 0 bridgehead atoms. The summed E-state index contributed by atoms with van der Waals surface area (Å²) in [6.07, 6.45) is 6.43. The second kappa shape index (κ2) is 11.0. The van der Waals surface area contributed by atoms with Crippen LogP contribution in [0.1, 0.15) is 42.7 Å². The number of carbonyl (C=O) groups excluding carboxylic acids is 1. The van der Waals surface area contributed by atoms with E-state index in [1.807, 2.05) is 18.2 Å². The maximum Gasteiger partial charge on any atom is 0.223 e. The Labute approximate surface area is 199 Å². The molecule has 1 aliphatic heterocycles. The number of rotatable bonds is 8. The molecule has 0 radical (unpaired) electrons. The van der Waals surface area contributed by atoms with E-state index in [4.69, 9.17) is 11.6 Å². The molecule has 2 aromatic rings. The first-order chi connectivity index (χ1) is 15.5. The summed E-state index contributed by atoms with van der Waals surface area (Å²) < 4.78 is 11.6. The van der Waals surface area contributed by atoms with Crippen molar-refractivity contribution < 1.29 is 9.00 Å². The van der Waals surface area contributed by atoms with Crippen LogP contribution in [0.15, 0.2) is 54.6 Å². The Hall–Kier alpha value is -1.69. The van der Waals surface area contributed by atoms with Crippen LogP contribution >= 0.6 is 11.6 Å². The molecule has 2 aromatic carbocycles. The number of amides is 1. The Morgan fingerprint density at radius 1 is 1.09 bits per heavy atom. The van der Waals surface area contributed by atoms with E-state index in [-0.39, 0.29) is 17.9 Å². The van der Waals surface area contributed by atoms with Gasteiger partial charge in [0.05, 0.1) is 0 Å². The maximum absolute atomic E-state index is 13.4. The zero-order valence-electron chi connectivity index (χ0n) is 18.7. The van der Waals surface area contributed by atoms with Crippen LogP contribution in [0.25, 0.3) is 0 Å². The highest BCUT2D eigenvalue weighted by Crippen LogP contribution is 2.45. The van der Waals surface area contributed by atoms with Crippen molar-refractivity contribution in [3.05, 3.63) is 70.7 Å². The Bertz CT molecular complexity index is 921. The number of likely N-dealkylation sites (tertiary alicyclic amines) is 1. The Balaban J connectivity index is 1.57. The largest absolute Gasteiger partial charge is 0.339 e. The smallest absolute Gasteiger partial charge is 0.223 e. The van der Waals surface area contributed by atoms with Crippen LogP contribution in [0, 0.1) is 5.92 Å². The van der Waals surface area contributed by atoms with Gasteiger partial charge in [-0.05, 0) is 54.9 Å². The summed E-state index contributed by atoms with van der Waals surface area (Å²) in [5, 5.41) is 4.44. The lowest BCUT2D eigenvalue weighted by molar-refractivity contribution is -0.142. The van der Waals surface area contributed by atoms with E-state index < -0.39 is 10.8 Å². The summed E-state index contributed by atoms with van der Waals surface area (Å²) in [4.78, 5) is 15.5. The number of carbonyl (C=O) groups is 1. The summed E-state index contributed by atoms with van der Waals surface area (Å²) in [6, 6.07) is 19.0. The first-order valence-corrected chi connectivity index (χ1v) is 13.8. The predicted octanol–water partition coefficient (Wildman–Crippen LogP) is 4.40. The van der Waals surface area contributed by atoms with Gasteiger partial charge in [-0.1, -0.05) is 54.1 Å². The fourth-order valence-corrected chi connectivity index (χ4v) is 6.13. The van der Waals surface area contributed by atoms with Gasteiger partial charge in [-0.15, -0.1) is 0 Å². The molecule has 1 saturated carbocycles. The van der Waals surface area contributed by atoms with E-state index in [0.717, 1.165) is 43.8 Å². The standard InChI is InChI=1S/C26H33ClN2O2S/c1-32(31)17-15-28-23-8-5-9-24-26(23)22(20-10-12-21(27)13-11-20)18-25(30)29(24)16-14-19-6-3-2-4-7-19/h2-4,6-7,10-13,22-24,26,28H,5,8-9,14-18H2,1H3/t22-,23+,24-,26+,32+/m1/s1. The zero-order chi connectivity index (χ0) is 22.5. The van der Waals surface area contributed by atoms with Crippen molar-refractivity contribution in [2.24, 2.45) is 5.92 Å². The van der Waals surface area contributed by atoms with Crippen LogP contribution in [-0.4, -0.2) is 52.2 Å². The van der Waals surface area contributed by atoms with Gasteiger partial charge in [-0.2, -0.15) is 0 Å². The van der Waals surface area contributed by atoms with E-state index in [0.29, 0.717) is 24.1 Å². The molecule has 172 valence electrons. The Morgan fingerprint density at radius 3 is 2.56 bits per heavy atom. The molecule has 2 fully saturated rings. The molecule has 1 amide bonds. The number of nitrogens with one attached hydrogen (secondary N) is 1. The molecule has 5 atom stereocenters. The van der Waals surface area contributed by atoms with Crippen molar-refractivity contribution in [1.29, 1.82) is 0 Å². The number of halogens is 1. The highest BCUT2D eigenvalue weighted by Gasteiger charge is 2.47. The minimum atomic E-state index is -0.806. The number of benzene rings is 2. The fourth-order valence-electron chi connectivity index (χ4n) is 5.60. The molecule has 32 heavy (non-hydrogen) atoms. The summed E-state index contributed by atoms with van der Waals surface area (Å²) in [5.41, 5.74) is 2.47. The Kier molecular flexibility index (Phi) is 8.03. The monoisotopic (exact) mass is 472 g/mol. The molecule has 6 heteroatoms. The van der Waals surface area contributed by atoms with Crippen LogP contribution in [0.3, 0.4) is 0 Å². The van der Waals surface area contributed by atoms with E-state index in [2.05, 4.69) is 46.6 Å². The molecule has 1 heterocycles. The summed E-state index contributed by atoms with van der Waals surface area (Å²) >= 11 is 6.15. The SMILES string of the molecule is C[S@](=O)CCN[C@H]1CCC[C@@H]2[C@H]1[C@@H](c1ccc(Cl)cc1)CC(=O)N2CCc1ccccc1. The van der Waals surface area contributed by atoms with Crippen LogP contribution in [0.4, 0.5) is 0 Å². The third-order valence-electron chi connectivity index (χ3n) is 7.08. The van der Waals surface area contributed by atoms with E-state index >= 15 is 0 Å². The van der Waals surface area contributed by atoms with Crippen molar-refractivity contribution in [3.63, 3.8) is 0 Å². The van der Waals surface area contributed by atoms with Gasteiger partial charge in [0.2, 0.25) is 5.91 Å². The number of hydrogen-bond acceptors (Lipinski definition) is 3. The molecule has 0 unspecified atom stereocenters. The van der Waals surface area contributed by atoms with E-state index in [1.54, 1.807) is 6.26 Å². The Morgan fingerprint density at radius 2 is 1.84 bits per heavy atom. The molecule has 1 saturated heterocycles. The van der Waals surface area contributed by atoms with Gasteiger partial charge in [0.1, 0.15) is 0 Å². The molecule has 0 spiro atoms. The number of nitrogens with zero attached hydrogens (tertiary/aromatic N) is 1. The topological polar surface area (TPSA) is 49.4 Å². The average Bonchev–Trinajstić information content (AvgIpc) is 2.79. The number of hydrogen-bond donors (Lipinski definition) is 1. The second-order valence-electron chi connectivity index (χ2n) is 9.10. The van der Waals surface area contributed by atoms with Gasteiger partial charge in [0.25, 0.3) is 0 Å². The highest BCUT2D eigenvalue weighted by molar-refractivity contribution is 7.84. The predicted molar refractivity (Wildman–Crippen MR) is 133 cm³/mol. The second-order valence-corrected chi connectivity index (χ2v) is 11.1. The maximum atomic E-state index is 13.4. The lowest BCUT2D eigenvalue weighted by Crippen LogP contribution is -2.60. The van der Waals surface area contributed by atoms with E-state index in [1.165, 1.54) is 11.1 Å². The highest BCUT2D eigenvalue weighted by atomic mass is 35.5. The van der Waals surface area contributed by atoms with Crippen molar-refractivity contribution in [2.75, 3.05) is 25.1 Å². The van der Waals surface area contributed by atoms with E-state index in [9.17, 15) is 9.00 Å². The number of fused-ring (bicyclic) bond motifs is 1.